The molecule has 4 aromatic rings. The zero-order valence-electron chi connectivity index (χ0n) is 16.0. The molecule has 0 saturated heterocycles. The monoisotopic (exact) mass is 459 g/mol. The summed E-state index contributed by atoms with van der Waals surface area (Å²) in [4.78, 5) is 9.03. The molecule has 0 radical (unpaired) electrons. The number of pyridine rings is 1. The van der Waals surface area contributed by atoms with Crippen LogP contribution in [0.3, 0.4) is 0 Å². The number of aromatic nitrogens is 2. The Kier molecular flexibility index (Phi) is 6.20. The van der Waals surface area contributed by atoms with E-state index in [1.54, 1.807) is 35.6 Å². The van der Waals surface area contributed by atoms with Crippen molar-refractivity contribution < 1.29 is 0 Å². The summed E-state index contributed by atoms with van der Waals surface area (Å²) in [5, 5.41) is 23.5. The van der Waals surface area contributed by atoms with Gasteiger partial charge in [0, 0.05) is 21.5 Å². The fourth-order valence-electron chi connectivity index (χ4n) is 3.06. The van der Waals surface area contributed by atoms with Crippen LogP contribution in [0.1, 0.15) is 16.1 Å². The van der Waals surface area contributed by atoms with E-state index in [1.165, 1.54) is 11.8 Å². The van der Waals surface area contributed by atoms with Gasteiger partial charge in [-0.3, -0.25) is 0 Å². The maximum Gasteiger partial charge on any atom is 0.143 e. The topological polar surface area (TPSA) is 99.4 Å². The molecule has 0 aliphatic rings. The van der Waals surface area contributed by atoms with Crippen molar-refractivity contribution in [3.8, 4) is 34.5 Å². The van der Waals surface area contributed by atoms with Gasteiger partial charge in [-0.1, -0.05) is 65.8 Å². The molecule has 2 aromatic carbocycles. The first-order chi connectivity index (χ1) is 15.1. The summed E-state index contributed by atoms with van der Waals surface area (Å²) in [6.07, 6.45) is 0. The van der Waals surface area contributed by atoms with Gasteiger partial charge in [0.2, 0.25) is 0 Å². The molecule has 31 heavy (non-hydrogen) atoms. The van der Waals surface area contributed by atoms with Crippen molar-refractivity contribution in [1.82, 2.24) is 9.97 Å². The molecule has 8 heteroatoms. The molecular formula is C23H14ClN5S2. The number of hydrogen-bond donors (Lipinski definition) is 1. The summed E-state index contributed by atoms with van der Waals surface area (Å²) >= 11 is 8.92. The van der Waals surface area contributed by atoms with Crippen LogP contribution >= 0.6 is 34.7 Å². The first-order valence-electron chi connectivity index (χ1n) is 9.13. The molecule has 2 aromatic heterocycles. The van der Waals surface area contributed by atoms with E-state index in [4.69, 9.17) is 17.3 Å². The van der Waals surface area contributed by atoms with Crippen LogP contribution in [0, 0.1) is 22.7 Å². The van der Waals surface area contributed by atoms with Crippen molar-refractivity contribution >= 4 is 40.5 Å². The molecule has 0 bridgehead atoms. The van der Waals surface area contributed by atoms with E-state index in [9.17, 15) is 10.5 Å². The van der Waals surface area contributed by atoms with Crippen LogP contribution in [0.2, 0.25) is 5.02 Å². The van der Waals surface area contributed by atoms with Crippen LogP contribution < -0.4 is 5.73 Å². The van der Waals surface area contributed by atoms with Gasteiger partial charge < -0.3 is 5.73 Å². The summed E-state index contributed by atoms with van der Waals surface area (Å²) < 4.78 is 0. The summed E-state index contributed by atoms with van der Waals surface area (Å²) in [5.41, 5.74) is 9.71. The number of nitrogens with zero attached hydrogens (tertiary/aromatic N) is 4. The minimum absolute atomic E-state index is 0.0954. The van der Waals surface area contributed by atoms with E-state index in [0.717, 1.165) is 16.3 Å². The van der Waals surface area contributed by atoms with E-state index in [2.05, 4.69) is 22.1 Å². The minimum atomic E-state index is 0.0954. The Hall–Kier alpha value is -3.36. The Labute approximate surface area is 192 Å². The number of halogens is 1. The Bertz CT molecular complexity index is 1320. The highest BCUT2D eigenvalue weighted by molar-refractivity contribution is 7.98. The summed E-state index contributed by atoms with van der Waals surface area (Å²) in [6.45, 7) is 0. The molecule has 5 nitrogen and oxygen atoms in total. The second-order valence-electron chi connectivity index (χ2n) is 6.44. The lowest BCUT2D eigenvalue weighted by atomic mass is 9.97. The van der Waals surface area contributed by atoms with Crippen molar-refractivity contribution in [1.29, 1.82) is 10.5 Å². The molecule has 0 spiro atoms. The lowest BCUT2D eigenvalue weighted by molar-refractivity contribution is 1.11. The first kappa shape index (κ1) is 20.9. The van der Waals surface area contributed by atoms with Crippen LogP contribution in [-0.2, 0) is 5.75 Å². The molecule has 0 atom stereocenters. The number of rotatable bonds is 5. The highest BCUT2D eigenvalue weighted by Gasteiger charge is 2.21. The zero-order chi connectivity index (χ0) is 21.8. The van der Waals surface area contributed by atoms with Gasteiger partial charge in [-0.05, 0) is 17.7 Å². The largest absolute Gasteiger partial charge is 0.383 e. The van der Waals surface area contributed by atoms with Crippen LogP contribution in [0.5, 0.6) is 0 Å². The van der Waals surface area contributed by atoms with E-state index >= 15 is 0 Å². The standard InChI is InChI=1S/C23H14ClN5S2/c24-16-8-6-15(7-9-16)21-17(10-25)22(27)29-23(18(21)11-26)31-13-20-28-19(12-30-20)14-4-2-1-3-5-14/h1-9,12H,13H2,(H2,27,29). The molecule has 0 unspecified atom stereocenters. The molecule has 2 heterocycles. The lowest BCUT2D eigenvalue weighted by Gasteiger charge is -2.12. The molecule has 150 valence electrons. The van der Waals surface area contributed by atoms with Crippen LogP contribution in [0.25, 0.3) is 22.4 Å². The number of nitriles is 2. The smallest absolute Gasteiger partial charge is 0.143 e. The maximum absolute atomic E-state index is 9.88. The molecule has 0 amide bonds. The fraction of sp³-hybridized carbons (Fsp3) is 0.0435. The first-order valence-corrected chi connectivity index (χ1v) is 11.4. The molecular weight excluding hydrogens is 446 g/mol. The van der Waals surface area contributed by atoms with Crippen LogP contribution in [0.15, 0.2) is 65.0 Å². The van der Waals surface area contributed by atoms with Crippen molar-refractivity contribution in [2.45, 2.75) is 10.8 Å². The van der Waals surface area contributed by atoms with Gasteiger partial charge >= 0.3 is 0 Å². The van der Waals surface area contributed by atoms with E-state index in [-0.39, 0.29) is 11.4 Å². The second kappa shape index (κ2) is 9.20. The Morgan fingerprint density at radius 3 is 2.32 bits per heavy atom. The average molecular weight is 460 g/mol. The van der Waals surface area contributed by atoms with E-state index in [0.29, 0.717) is 32.5 Å². The fourth-order valence-corrected chi connectivity index (χ4v) is 5.00. The van der Waals surface area contributed by atoms with Crippen molar-refractivity contribution in [3.05, 3.63) is 81.1 Å². The molecule has 0 aliphatic heterocycles. The maximum atomic E-state index is 9.88. The van der Waals surface area contributed by atoms with Crippen molar-refractivity contribution in [2.24, 2.45) is 0 Å². The van der Waals surface area contributed by atoms with Crippen molar-refractivity contribution in [2.75, 3.05) is 5.73 Å². The quantitative estimate of drug-likeness (QED) is 0.359. The average Bonchev–Trinajstić information content (AvgIpc) is 3.27. The van der Waals surface area contributed by atoms with Gasteiger partial charge in [0.25, 0.3) is 0 Å². The SMILES string of the molecule is N#Cc1c(N)nc(SCc2nc(-c3ccccc3)cs2)c(C#N)c1-c1ccc(Cl)cc1. The predicted molar refractivity (Wildman–Crippen MR) is 126 cm³/mol. The van der Waals surface area contributed by atoms with Gasteiger partial charge in [-0.15, -0.1) is 11.3 Å². The lowest BCUT2D eigenvalue weighted by Crippen LogP contribution is -2.03. The molecule has 0 aliphatic carbocycles. The number of nitrogen functional groups attached to an aromatic ring is 1. The number of thioether (sulfide) groups is 1. The Morgan fingerprint density at radius 2 is 1.65 bits per heavy atom. The third-order valence-corrected chi connectivity index (χ3v) is 6.77. The van der Waals surface area contributed by atoms with Gasteiger partial charge in [0.15, 0.2) is 0 Å². The van der Waals surface area contributed by atoms with E-state index in [1.807, 2.05) is 35.7 Å². The third kappa shape index (κ3) is 4.40. The second-order valence-corrected chi connectivity index (χ2v) is 8.78. The van der Waals surface area contributed by atoms with Gasteiger partial charge in [0.05, 0.1) is 17.0 Å². The number of nitrogens with two attached hydrogens (primary N) is 1. The van der Waals surface area contributed by atoms with Crippen molar-refractivity contribution in [3.63, 3.8) is 0 Å². The van der Waals surface area contributed by atoms with E-state index < -0.39 is 0 Å². The van der Waals surface area contributed by atoms with Gasteiger partial charge in [-0.2, -0.15) is 10.5 Å². The van der Waals surface area contributed by atoms with Gasteiger partial charge in [-0.25, -0.2) is 9.97 Å². The zero-order valence-corrected chi connectivity index (χ0v) is 18.4. The minimum Gasteiger partial charge on any atom is -0.383 e. The highest BCUT2D eigenvalue weighted by Crippen LogP contribution is 2.37. The number of benzene rings is 2. The summed E-state index contributed by atoms with van der Waals surface area (Å²) in [7, 11) is 0. The molecule has 2 N–H and O–H groups in total. The highest BCUT2D eigenvalue weighted by atomic mass is 35.5. The van der Waals surface area contributed by atoms with Crippen LogP contribution in [0.4, 0.5) is 5.82 Å². The molecule has 0 fully saturated rings. The third-order valence-electron chi connectivity index (χ3n) is 4.50. The predicted octanol–water partition coefficient (Wildman–Crippen LogP) is 6.14. The number of thiazole rings is 1. The summed E-state index contributed by atoms with van der Waals surface area (Å²) in [6, 6.07) is 21.2. The number of hydrogen-bond acceptors (Lipinski definition) is 7. The molecule has 4 rings (SSSR count). The Morgan fingerprint density at radius 1 is 0.935 bits per heavy atom. The molecule has 0 saturated carbocycles. The number of anilines is 1. The van der Waals surface area contributed by atoms with Crippen LogP contribution in [-0.4, -0.2) is 9.97 Å². The normalized spacial score (nSPS) is 10.4. The Balaban J connectivity index is 1.68. The van der Waals surface area contributed by atoms with Gasteiger partial charge in [0.1, 0.15) is 33.6 Å². The summed E-state index contributed by atoms with van der Waals surface area (Å²) in [5.74, 6) is 0.628.